The van der Waals surface area contributed by atoms with Crippen molar-refractivity contribution in [1.29, 1.82) is 0 Å². The number of aromatic nitrogens is 1. The molecule has 0 bridgehead atoms. The number of hydrogen-bond donors (Lipinski definition) is 1. The molecule has 2 aromatic rings. The molecule has 1 aromatic carbocycles. The smallest absolute Gasteiger partial charge is 0.318 e. The van der Waals surface area contributed by atoms with E-state index in [1.165, 1.54) is 0 Å². The standard InChI is InChI=1S/C21H26N4O3/c1-3-19(17-7-5-9-22-13-17)23-21(27)25-11-10-24(20(26)15-25)14-16-6-4-8-18(12-16)28-2/h4-9,12-13,19H,3,10-11,14-15H2,1-2H3,(H,23,27)/t19-/m0/s1. The van der Waals surface area contributed by atoms with Crippen LogP contribution in [0.5, 0.6) is 5.75 Å². The van der Waals surface area contributed by atoms with E-state index in [2.05, 4.69) is 10.3 Å². The average Bonchev–Trinajstić information content (AvgIpc) is 2.74. The van der Waals surface area contributed by atoms with E-state index >= 15 is 0 Å². The van der Waals surface area contributed by atoms with Crippen LogP contribution in [-0.2, 0) is 11.3 Å². The summed E-state index contributed by atoms with van der Waals surface area (Å²) in [5.74, 6) is 0.711. The summed E-state index contributed by atoms with van der Waals surface area (Å²) in [4.78, 5) is 32.7. The molecule has 1 N–H and O–H groups in total. The molecule has 0 unspecified atom stereocenters. The molecule has 3 amide bonds. The van der Waals surface area contributed by atoms with Crippen LogP contribution in [0.2, 0.25) is 0 Å². The molecule has 1 fully saturated rings. The largest absolute Gasteiger partial charge is 0.497 e. The van der Waals surface area contributed by atoms with Crippen LogP contribution >= 0.6 is 0 Å². The number of benzene rings is 1. The summed E-state index contributed by atoms with van der Waals surface area (Å²) in [6.07, 6.45) is 4.21. The summed E-state index contributed by atoms with van der Waals surface area (Å²) in [6, 6.07) is 11.1. The van der Waals surface area contributed by atoms with Crippen molar-refractivity contribution >= 4 is 11.9 Å². The lowest BCUT2D eigenvalue weighted by Gasteiger charge is -2.35. The minimum absolute atomic E-state index is 0.0568. The number of nitrogens with one attached hydrogen (secondary N) is 1. The first kappa shape index (κ1) is 19.7. The second-order valence-corrected chi connectivity index (χ2v) is 6.79. The number of methoxy groups -OCH3 is 1. The number of ether oxygens (including phenoxy) is 1. The number of carbonyl (C=O) groups excluding carboxylic acids is 2. The summed E-state index contributed by atoms with van der Waals surface area (Å²) >= 11 is 0. The molecule has 0 radical (unpaired) electrons. The van der Waals surface area contributed by atoms with Gasteiger partial charge >= 0.3 is 6.03 Å². The molecular weight excluding hydrogens is 356 g/mol. The zero-order chi connectivity index (χ0) is 19.9. The van der Waals surface area contributed by atoms with Gasteiger partial charge in [-0.15, -0.1) is 0 Å². The molecule has 1 atom stereocenters. The number of hydrogen-bond acceptors (Lipinski definition) is 4. The van der Waals surface area contributed by atoms with Gasteiger partial charge in [0.15, 0.2) is 0 Å². The molecule has 1 aromatic heterocycles. The first-order valence-electron chi connectivity index (χ1n) is 9.46. The van der Waals surface area contributed by atoms with E-state index in [0.29, 0.717) is 19.6 Å². The lowest BCUT2D eigenvalue weighted by atomic mass is 10.1. The van der Waals surface area contributed by atoms with Crippen molar-refractivity contribution in [1.82, 2.24) is 20.1 Å². The minimum atomic E-state index is -0.218. The van der Waals surface area contributed by atoms with Crippen LogP contribution < -0.4 is 10.1 Å². The van der Waals surface area contributed by atoms with E-state index in [4.69, 9.17) is 4.74 Å². The Labute approximate surface area is 165 Å². The monoisotopic (exact) mass is 382 g/mol. The number of rotatable bonds is 6. The maximum atomic E-state index is 12.6. The zero-order valence-electron chi connectivity index (χ0n) is 16.3. The first-order chi connectivity index (χ1) is 13.6. The quantitative estimate of drug-likeness (QED) is 0.833. The molecule has 1 aliphatic heterocycles. The third-order valence-electron chi connectivity index (χ3n) is 4.91. The maximum absolute atomic E-state index is 12.6. The van der Waals surface area contributed by atoms with Gasteiger partial charge in [0.05, 0.1) is 13.2 Å². The second kappa shape index (κ2) is 9.21. The van der Waals surface area contributed by atoms with E-state index in [-0.39, 0.29) is 24.5 Å². The van der Waals surface area contributed by atoms with Gasteiger partial charge in [0.2, 0.25) is 5.91 Å². The van der Waals surface area contributed by atoms with Gasteiger partial charge < -0.3 is 19.9 Å². The normalized spacial score (nSPS) is 15.3. The Kier molecular flexibility index (Phi) is 6.47. The van der Waals surface area contributed by atoms with Crippen molar-refractivity contribution in [2.24, 2.45) is 0 Å². The number of pyridine rings is 1. The Morgan fingerprint density at radius 1 is 1.29 bits per heavy atom. The van der Waals surface area contributed by atoms with Crippen LogP contribution in [0.15, 0.2) is 48.8 Å². The first-order valence-corrected chi connectivity index (χ1v) is 9.46. The zero-order valence-corrected chi connectivity index (χ0v) is 16.3. The molecule has 3 rings (SSSR count). The highest BCUT2D eigenvalue weighted by atomic mass is 16.5. The summed E-state index contributed by atoms with van der Waals surface area (Å²) in [6.45, 7) is 3.62. The van der Waals surface area contributed by atoms with Crippen molar-refractivity contribution in [2.75, 3.05) is 26.7 Å². The van der Waals surface area contributed by atoms with Crippen molar-refractivity contribution in [3.63, 3.8) is 0 Å². The SMILES string of the molecule is CC[C@H](NC(=O)N1CCN(Cc2cccc(OC)c2)C(=O)C1)c1cccnc1. The summed E-state index contributed by atoms with van der Waals surface area (Å²) in [7, 11) is 1.62. The Balaban J connectivity index is 1.56. The highest BCUT2D eigenvalue weighted by molar-refractivity contribution is 5.85. The molecule has 28 heavy (non-hydrogen) atoms. The molecule has 0 saturated carbocycles. The summed E-state index contributed by atoms with van der Waals surface area (Å²) < 4.78 is 5.23. The van der Waals surface area contributed by atoms with Gasteiger partial charge in [0.25, 0.3) is 0 Å². The van der Waals surface area contributed by atoms with Crippen LogP contribution in [0.3, 0.4) is 0 Å². The fourth-order valence-electron chi connectivity index (χ4n) is 3.28. The van der Waals surface area contributed by atoms with Crippen molar-refractivity contribution < 1.29 is 14.3 Å². The van der Waals surface area contributed by atoms with Gasteiger partial charge in [-0.25, -0.2) is 4.79 Å². The second-order valence-electron chi connectivity index (χ2n) is 6.79. The summed E-state index contributed by atoms with van der Waals surface area (Å²) in [5, 5.41) is 3.01. The van der Waals surface area contributed by atoms with Gasteiger partial charge in [-0.2, -0.15) is 0 Å². The van der Waals surface area contributed by atoms with Gasteiger partial charge in [-0.3, -0.25) is 9.78 Å². The molecular formula is C21H26N4O3. The third-order valence-corrected chi connectivity index (χ3v) is 4.91. The van der Waals surface area contributed by atoms with Gasteiger partial charge in [-0.05, 0) is 35.7 Å². The lowest BCUT2D eigenvalue weighted by molar-refractivity contribution is -0.135. The molecule has 0 spiro atoms. The van der Waals surface area contributed by atoms with E-state index in [0.717, 1.165) is 23.3 Å². The molecule has 1 saturated heterocycles. The van der Waals surface area contributed by atoms with Crippen molar-refractivity contribution in [3.8, 4) is 5.75 Å². The van der Waals surface area contributed by atoms with Crippen molar-refractivity contribution in [3.05, 3.63) is 59.9 Å². The van der Waals surface area contributed by atoms with Crippen LogP contribution in [0.25, 0.3) is 0 Å². The molecule has 0 aliphatic carbocycles. The topological polar surface area (TPSA) is 74.8 Å². The Bertz CT molecular complexity index is 812. The number of amides is 3. The van der Waals surface area contributed by atoms with E-state index < -0.39 is 0 Å². The Morgan fingerprint density at radius 3 is 2.82 bits per heavy atom. The maximum Gasteiger partial charge on any atom is 0.318 e. The number of urea groups is 1. The number of carbonyl (C=O) groups is 2. The molecule has 2 heterocycles. The fourth-order valence-corrected chi connectivity index (χ4v) is 3.28. The minimum Gasteiger partial charge on any atom is -0.497 e. The van der Waals surface area contributed by atoms with Gasteiger partial charge in [-0.1, -0.05) is 25.1 Å². The van der Waals surface area contributed by atoms with E-state index in [9.17, 15) is 9.59 Å². The van der Waals surface area contributed by atoms with E-state index in [1.807, 2.05) is 43.3 Å². The highest BCUT2D eigenvalue weighted by Crippen LogP contribution is 2.18. The van der Waals surface area contributed by atoms with E-state index in [1.54, 1.807) is 29.3 Å². The fraction of sp³-hybridized carbons (Fsp3) is 0.381. The van der Waals surface area contributed by atoms with Crippen LogP contribution in [-0.4, -0.2) is 53.5 Å². The van der Waals surface area contributed by atoms with Gasteiger partial charge in [0.1, 0.15) is 12.3 Å². The van der Waals surface area contributed by atoms with Crippen LogP contribution in [0.1, 0.15) is 30.5 Å². The van der Waals surface area contributed by atoms with Crippen molar-refractivity contribution in [2.45, 2.75) is 25.9 Å². The Morgan fingerprint density at radius 2 is 2.14 bits per heavy atom. The predicted octanol–water partition coefficient (Wildman–Crippen LogP) is 2.60. The molecule has 148 valence electrons. The third kappa shape index (κ3) is 4.79. The highest BCUT2D eigenvalue weighted by Gasteiger charge is 2.28. The van der Waals surface area contributed by atoms with Crippen LogP contribution in [0.4, 0.5) is 4.79 Å². The predicted molar refractivity (Wildman–Crippen MR) is 106 cm³/mol. The van der Waals surface area contributed by atoms with Gasteiger partial charge in [0, 0.05) is 32.0 Å². The molecule has 7 heteroatoms. The van der Waals surface area contributed by atoms with Crippen LogP contribution in [0, 0.1) is 0 Å². The number of piperazine rings is 1. The molecule has 7 nitrogen and oxygen atoms in total. The number of nitrogens with zero attached hydrogens (tertiary/aromatic N) is 3. The lowest BCUT2D eigenvalue weighted by Crippen LogP contribution is -2.54. The Hall–Kier alpha value is -3.09. The molecule has 1 aliphatic rings. The average molecular weight is 382 g/mol. The summed E-state index contributed by atoms with van der Waals surface area (Å²) in [5.41, 5.74) is 1.97.